The van der Waals surface area contributed by atoms with Crippen molar-refractivity contribution in [1.82, 2.24) is 4.98 Å². The summed E-state index contributed by atoms with van der Waals surface area (Å²) in [6.07, 6.45) is 1.46. The van der Waals surface area contributed by atoms with Gasteiger partial charge in [-0.15, -0.1) is 0 Å². The summed E-state index contributed by atoms with van der Waals surface area (Å²) >= 11 is 0. The molecule has 1 heterocycles. The van der Waals surface area contributed by atoms with Crippen LogP contribution in [0.4, 0.5) is 11.4 Å². The molecule has 0 atom stereocenters. The predicted octanol–water partition coefficient (Wildman–Crippen LogP) is 2.85. The molecule has 0 spiro atoms. The molecule has 0 bridgehead atoms. The monoisotopic (exact) mass is 305 g/mol. The molecule has 2 aromatic rings. The van der Waals surface area contributed by atoms with Crippen LogP contribution in [-0.4, -0.2) is 20.4 Å². The largest absolute Gasteiger partial charge is 0.386 e. The summed E-state index contributed by atoms with van der Waals surface area (Å²) in [5, 5.41) is 2.84. The summed E-state index contributed by atoms with van der Waals surface area (Å²) < 4.78 is 27.8. The minimum absolute atomic E-state index is 0.00752. The van der Waals surface area contributed by atoms with Crippen LogP contribution >= 0.6 is 0 Å². The second-order valence-corrected chi connectivity index (χ2v) is 6.58. The van der Waals surface area contributed by atoms with Crippen molar-refractivity contribution in [2.75, 3.05) is 17.1 Å². The van der Waals surface area contributed by atoms with Crippen LogP contribution in [0, 0.1) is 20.8 Å². The van der Waals surface area contributed by atoms with Crippen molar-refractivity contribution in [1.29, 1.82) is 0 Å². The molecular formula is C15H19N3O2S. The van der Waals surface area contributed by atoms with Gasteiger partial charge in [0.2, 0.25) is 0 Å². The highest BCUT2D eigenvalue weighted by Crippen LogP contribution is 2.26. The Morgan fingerprint density at radius 3 is 2.29 bits per heavy atom. The van der Waals surface area contributed by atoms with Crippen LogP contribution in [0.1, 0.15) is 16.7 Å². The predicted molar refractivity (Wildman–Crippen MR) is 85.2 cm³/mol. The van der Waals surface area contributed by atoms with Gasteiger partial charge in [0.25, 0.3) is 10.0 Å². The van der Waals surface area contributed by atoms with E-state index in [0.717, 1.165) is 16.7 Å². The maximum absolute atomic E-state index is 12.6. The Morgan fingerprint density at radius 1 is 1.10 bits per heavy atom. The fourth-order valence-corrected chi connectivity index (χ4v) is 3.67. The van der Waals surface area contributed by atoms with Gasteiger partial charge in [-0.3, -0.25) is 4.72 Å². The van der Waals surface area contributed by atoms with Crippen molar-refractivity contribution < 1.29 is 8.42 Å². The molecule has 1 aromatic heterocycles. The van der Waals surface area contributed by atoms with Gasteiger partial charge in [-0.05, 0) is 44.0 Å². The Kier molecular flexibility index (Phi) is 4.18. The Hall–Kier alpha value is -2.08. The van der Waals surface area contributed by atoms with E-state index in [2.05, 4.69) is 15.0 Å². The van der Waals surface area contributed by atoms with Gasteiger partial charge in [-0.1, -0.05) is 17.7 Å². The van der Waals surface area contributed by atoms with Gasteiger partial charge in [0.05, 0.1) is 11.4 Å². The molecule has 0 fully saturated rings. The highest BCUT2D eigenvalue weighted by molar-refractivity contribution is 7.92. The first-order valence-corrected chi connectivity index (χ1v) is 8.07. The van der Waals surface area contributed by atoms with Crippen molar-refractivity contribution in [2.24, 2.45) is 0 Å². The summed E-state index contributed by atoms with van der Waals surface area (Å²) in [7, 11) is -2.07. The molecule has 0 aliphatic rings. The molecule has 0 aliphatic carbocycles. The molecule has 2 N–H and O–H groups in total. The number of hydrogen-bond acceptors (Lipinski definition) is 4. The second kappa shape index (κ2) is 5.73. The number of aryl methyl sites for hydroxylation is 3. The second-order valence-electron chi connectivity index (χ2n) is 4.99. The van der Waals surface area contributed by atoms with Crippen molar-refractivity contribution in [3.63, 3.8) is 0 Å². The Balaban J connectivity index is 2.48. The number of nitrogens with one attached hydrogen (secondary N) is 2. The van der Waals surface area contributed by atoms with Crippen molar-refractivity contribution >= 4 is 21.4 Å². The number of hydrogen-bond donors (Lipinski definition) is 2. The molecule has 112 valence electrons. The van der Waals surface area contributed by atoms with Gasteiger partial charge in [0.1, 0.15) is 0 Å². The van der Waals surface area contributed by atoms with Gasteiger partial charge in [0.15, 0.2) is 5.03 Å². The number of sulfonamides is 1. The first-order chi connectivity index (χ1) is 9.85. The van der Waals surface area contributed by atoms with E-state index in [-0.39, 0.29) is 5.03 Å². The highest BCUT2D eigenvalue weighted by Gasteiger charge is 2.21. The summed E-state index contributed by atoms with van der Waals surface area (Å²) in [5.41, 5.74) is 3.94. The minimum atomic E-state index is -3.74. The quantitative estimate of drug-likeness (QED) is 0.911. The number of nitrogens with zero attached hydrogens (tertiary/aromatic N) is 1. The van der Waals surface area contributed by atoms with Crippen LogP contribution in [0.3, 0.4) is 0 Å². The lowest BCUT2D eigenvalue weighted by Crippen LogP contribution is -2.17. The van der Waals surface area contributed by atoms with Crippen LogP contribution in [0.5, 0.6) is 0 Å². The zero-order chi connectivity index (χ0) is 15.6. The van der Waals surface area contributed by atoms with E-state index in [4.69, 9.17) is 0 Å². The van der Waals surface area contributed by atoms with E-state index in [1.807, 2.05) is 32.9 Å². The summed E-state index contributed by atoms with van der Waals surface area (Å²) in [5.74, 6) is 0. The van der Waals surface area contributed by atoms with Gasteiger partial charge in [-0.2, -0.15) is 8.42 Å². The van der Waals surface area contributed by atoms with E-state index in [1.165, 1.54) is 6.20 Å². The van der Waals surface area contributed by atoms with Crippen LogP contribution in [0.2, 0.25) is 0 Å². The molecule has 0 saturated heterocycles. The third-order valence-electron chi connectivity index (χ3n) is 3.21. The fourth-order valence-electron chi connectivity index (χ4n) is 2.32. The van der Waals surface area contributed by atoms with Crippen molar-refractivity contribution in [3.8, 4) is 0 Å². The van der Waals surface area contributed by atoms with E-state index >= 15 is 0 Å². The van der Waals surface area contributed by atoms with Gasteiger partial charge in [0, 0.05) is 13.2 Å². The summed E-state index contributed by atoms with van der Waals surface area (Å²) in [4.78, 5) is 3.98. The zero-order valence-electron chi connectivity index (χ0n) is 12.6. The molecule has 5 nitrogen and oxygen atoms in total. The molecule has 0 aliphatic heterocycles. The van der Waals surface area contributed by atoms with E-state index in [9.17, 15) is 8.42 Å². The topological polar surface area (TPSA) is 71.1 Å². The first kappa shape index (κ1) is 15.3. The Bertz CT molecular complexity index is 747. The molecule has 1 aromatic carbocycles. The molecule has 21 heavy (non-hydrogen) atoms. The number of rotatable bonds is 4. The molecule has 0 unspecified atom stereocenters. The fraction of sp³-hybridized carbons (Fsp3) is 0.267. The normalized spacial score (nSPS) is 11.2. The molecule has 0 saturated carbocycles. The Morgan fingerprint density at radius 2 is 1.71 bits per heavy atom. The van der Waals surface area contributed by atoms with Gasteiger partial charge < -0.3 is 5.32 Å². The van der Waals surface area contributed by atoms with Crippen LogP contribution < -0.4 is 10.0 Å². The van der Waals surface area contributed by atoms with Crippen molar-refractivity contribution in [3.05, 3.63) is 47.2 Å². The standard InChI is InChI=1S/C15H19N3O2S/c1-10-8-11(2)14(12(3)9-10)18-21(19,20)15-13(16-4)6-5-7-17-15/h5-9,16,18H,1-4H3. The zero-order valence-corrected chi connectivity index (χ0v) is 13.4. The van der Waals surface area contributed by atoms with Gasteiger partial charge >= 0.3 is 0 Å². The molecular weight excluding hydrogens is 286 g/mol. The smallest absolute Gasteiger partial charge is 0.281 e. The summed E-state index contributed by atoms with van der Waals surface area (Å²) in [6, 6.07) is 7.26. The Labute approximate surface area is 125 Å². The number of aromatic nitrogens is 1. The average molecular weight is 305 g/mol. The number of pyridine rings is 1. The van der Waals surface area contributed by atoms with Crippen LogP contribution in [0.25, 0.3) is 0 Å². The van der Waals surface area contributed by atoms with Crippen LogP contribution in [0.15, 0.2) is 35.5 Å². The van der Waals surface area contributed by atoms with E-state index in [0.29, 0.717) is 11.4 Å². The van der Waals surface area contributed by atoms with Gasteiger partial charge in [-0.25, -0.2) is 4.98 Å². The molecule has 6 heteroatoms. The average Bonchev–Trinajstić information content (AvgIpc) is 2.43. The highest BCUT2D eigenvalue weighted by atomic mass is 32.2. The molecule has 2 rings (SSSR count). The SMILES string of the molecule is CNc1cccnc1S(=O)(=O)Nc1c(C)cc(C)cc1C. The summed E-state index contributed by atoms with van der Waals surface area (Å²) in [6.45, 7) is 5.75. The van der Waals surface area contributed by atoms with Crippen LogP contribution in [-0.2, 0) is 10.0 Å². The maximum atomic E-state index is 12.6. The number of benzene rings is 1. The number of anilines is 2. The first-order valence-electron chi connectivity index (χ1n) is 6.58. The van der Waals surface area contributed by atoms with E-state index in [1.54, 1.807) is 19.2 Å². The maximum Gasteiger partial charge on any atom is 0.281 e. The lowest BCUT2D eigenvalue weighted by atomic mass is 10.1. The minimum Gasteiger partial charge on any atom is -0.386 e. The van der Waals surface area contributed by atoms with E-state index < -0.39 is 10.0 Å². The third-order valence-corrected chi connectivity index (χ3v) is 4.52. The molecule has 0 amide bonds. The molecule has 0 radical (unpaired) electrons. The van der Waals surface area contributed by atoms with Crippen molar-refractivity contribution in [2.45, 2.75) is 25.8 Å². The lowest BCUT2D eigenvalue weighted by Gasteiger charge is -2.15. The third kappa shape index (κ3) is 3.16. The lowest BCUT2D eigenvalue weighted by molar-refractivity contribution is 0.598.